The average Bonchev–Trinajstić information content (AvgIpc) is 2.95. The Labute approximate surface area is 155 Å². The van der Waals surface area contributed by atoms with Crippen LogP contribution in [0.25, 0.3) is 5.69 Å². The first-order valence-corrected chi connectivity index (χ1v) is 9.74. The lowest BCUT2D eigenvalue weighted by Crippen LogP contribution is -2.57. The molecule has 3 aliphatic rings. The molecule has 4 heterocycles. The summed E-state index contributed by atoms with van der Waals surface area (Å²) in [5.41, 5.74) is 4.40. The van der Waals surface area contributed by atoms with Gasteiger partial charge < -0.3 is 10.2 Å². The zero-order chi connectivity index (χ0) is 18.1. The Hall–Kier alpha value is -2.14. The lowest BCUT2D eigenvalue weighted by molar-refractivity contribution is -0.123. The van der Waals surface area contributed by atoms with Crippen LogP contribution in [0.1, 0.15) is 36.2 Å². The number of para-hydroxylation sites is 1. The van der Waals surface area contributed by atoms with Crippen LogP contribution < -0.4 is 5.32 Å². The van der Waals surface area contributed by atoms with Crippen LogP contribution in [-0.4, -0.2) is 46.3 Å². The first kappa shape index (κ1) is 17.3. The smallest absolute Gasteiger partial charge is 0.220 e. The van der Waals surface area contributed by atoms with Gasteiger partial charge in [0.2, 0.25) is 5.91 Å². The number of nitrogens with zero attached hydrogens (tertiary/aromatic N) is 3. The monoisotopic (exact) mass is 352 g/mol. The second kappa shape index (κ2) is 7.23. The van der Waals surface area contributed by atoms with Gasteiger partial charge in [-0.1, -0.05) is 18.2 Å². The van der Waals surface area contributed by atoms with Gasteiger partial charge in [-0.3, -0.25) is 4.79 Å². The van der Waals surface area contributed by atoms with Crippen LogP contribution in [0.15, 0.2) is 30.3 Å². The first-order valence-electron chi connectivity index (χ1n) is 9.74. The standard InChI is InChI=1S/C21H28N4O/c1-15-19(16(2)25(23-15)18-6-4-3-5-7-18)8-9-21(26)22-20-14-24-12-10-17(20)11-13-24/h3-7,17,20H,8-14H2,1-2H3,(H,22,26). The molecule has 1 aromatic heterocycles. The van der Waals surface area contributed by atoms with Gasteiger partial charge >= 0.3 is 0 Å². The van der Waals surface area contributed by atoms with E-state index in [0.717, 1.165) is 30.0 Å². The molecule has 1 amide bonds. The van der Waals surface area contributed by atoms with E-state index in [1.165, 1.54) is 31.5 Å². The molecule has 1 atom stereocenters. The van der Waals surface area contributed by atoms with Crippen molar-refractivity contribution in [2.45, 2.75) is 45.6 Å². The summed E-state index contributed by atoms with van der Waals surface area (Å²) < 4.78 is 1.98. The van der Waals surface area contributed by atoms with Crippen LogP contribution in [0.3, 0.4) is 0 Å². The number of aromatic nitrogens is 2. The minimum absolute atomic E-state index is 0.176. The van der Waals surface area contributed by atoms with Crippen molar-refractivity contribution in [1.29, 1.82) is 0 Å². The number of benzene rings is 1. The van der Waals surface area contributed by atoms with E-state index < -0.39 is 0 Å². The molecule has 0 spiro atoms. The second-order valence-electron chi connectivity index (χ2n) is 7.71. The maximum absolute atomic E-state index is 12.5. The number of aryl methyl sites for hydroxylation is 1. The molecule has 0 aliphatic carbocycles. The average molecular weight is 352 g/mol. The quantitative estimate of drug-likeness (QED) is 0.900. The lowest BCUT2D eigenvalue weighted by atomic mass is 9.84. The highest BCUT2D eigenvalue weighted by molar-refractivity contribution is 5.76. The van der Waals surface area contributed by atoms with Crippen molar-refractivity contribution in [3.63, 3.8) is 0 Å². The SMILES string of the molecule is Cc1nn(-c2ccccc2)c(C)c1CCC(=O)NC1CN2CCC1CC2. The van der Waals surface area contributed by atoms with Gasteiger partial charge in [0.25, 0.3) is 0 Å². The molecule has 3 saturated heterocycles. The molecular weight excluding hydrogens is 324 g/mol. The van der Waals surface area contributed by atoms with E-state index in [1.807, 2.05) is 29.8 Å². The van der Waals surface area contributed by atoms with Gasteiger partial charge in [-0.2, -0.15) is 5.10 Å². The molecular formula is C21H28N4O. The summed E-state index contributed by atoms with van der Waals surface area (Å²) in [6.07, 6.45) is 3.74. The minimum atomic E-state index is 0.176. The third-order valence-corrected chi connectivity index (χ3v) is 6.05. The predicted octanol–water partition coefficient (Wildman–Crippen LogP) is 2.63. The van der Waals surface area contributed by atoms with Gasteiger partial charge in [0.15, 0.2) is 0 Å². The molecule has 26 heavy (non-hydrogen) atoms. The van der Waals surface area contributed by atoms with Crippen molar-refractivity contribution in [3.05, 3.63) is 47.3 Å². The zero-order valence-electron chi connectivity index (χ0n) is 15.7. The molecule has 5 nitrogen and oxygen atoms in total. The molecule has 5 rings (SSSR count). The van der Waals surface area contributed by atoms with E-state index in [-0.39, 0.29) is 5.91 Å². The van der Waals surface area contributed by atoms with Crippen molar-refractivity contribution in [2.24, 2.45) is 5.92 Å². The van der Waals surface area contributed by atoms with E-state index in [0.29, 0.717) is 18.4 Å². The molecule has 138 valence electrons. The number of hydrogen-bond acceptors (Lipinski definition) is 3. The molecule has 1 N–H and O–H groups in total. The van der Waals surface area contributed by atoms with E-state index in [9.17, 15) is 4.79 Å². The summed E-state index contributed by atoms with van der Waals surface area (Å²) in [4.78, 5) is 15.0. The predicted molar refractivity (Wildman–Crippen MR) is 102 cm³/mol. The summed E-state index contributed by atoms with van der Waals surface area (Å²) in [6, 6.07) is 10.5. The fourth-order valence-corrected chi connectivity index (χ4v) is 4.50. The van der Waals surface area contributed by atoms with Gasteiger partial charge in [-0.25, -0.2) is 4.68 Å². The third kappa shape index (κ3) is 3.40. The Morgan fingerprint density at radius 1 is 1.19 bits per heavy atom. The van der Waals surface area contributed by atoms with Crippen LogP contribution in [0.2, 0.25) is 0 Å². The number of hydrogen-bond donors (Lipinski definition) is 1. The largest absolute Gasteiger partial charge is 0.352 e. The Kier molecular flexibility index (Phi) is 4.81. The van der Waals surface area contributed by atoms with Gasteiger partial charge in [0.1, 0.15) is 0 Å². The summed E-state index contributed by atoms with van der Waals surface area (Å²) in [7, 11) is 0. The van der Waals surface area contributed by atoms with Gasteiger partial charge in [0, 0.05) is 24.7 Å². The molecule has 2 aromatic rings. The number of carbonyl (C=O) groups excluding carboxylic acids is 1. The maximum atomic E-state index is 12.5. The number of amides is 1. The van der Waals surface area contributed by atoms with Crippen LogP contribution in [0.5, 0.6) is 0 Å². The summed E-state index contributed by atoms with van der Waals surface area (Å²) in [5.74, 6) is 0.850. The van der Waals surface area contributed by atoms with Crippen LogP contribution >= 0.6 is 0 Å². The number of fused-ring (bicyclic) bond motifs is 3. The van der Waals surface area contributed by atoms with Gasteiger partial charge in [-0.05, 0) is 69.8 Å². The lowest BCUT2D eigenvalue weighted by Gasteiger charge is -2.44. The fourth-order valence-electron chi connectivity index (χ4n) is 4.50. The van der Waals surface area contributed by atoms with Crippen molar-refractivity contribution < 1.29 is 4.79 Å². The van der Waals surface area contributed by atoms with Crippen molar-refractivity contribution in [1.82, 2.24) is 20.0 Å². The molecule has 1 unspecified atom stereocenters. The minimum Gasteiger partial charge on any atom is -0.352 e. The molecule has 5 heteroatoms. The van der Waals surface area contributed by atoms with Gasteiger partial charge in [0.05, 0.1) is 11.4 Å². The Morgan fingerprint density at radius 2 is 1.92 bits per heavy atom. The molecule has 1 aromatic carbocycles. The Balaban J connectivity index is 1.39. The van der Waals surface area contributed by atoms with E-state index in [1.54, 1.807) is 0 Å². The summed E-state index contributed by atoms with van der Waals surface area (Å²) in [6.45, 7) is 7.56. The highest BCUT2D eigenvalue weighted by Gasteiger charge is 2.34. The van der Waals surface area contributed by atoms with Crippen LogP contribution in [-0.2, 0) is 11.2 Å². The van der Waals surface area contributed by atoms with Crippen LogP contribution in [0.4, 0.5) is 0 Å². The molecule has 3 aliphatic heterocycles. The fraction of sp³-hybridized carbons (Fsp3) is 0.524. The third-order valence-electron chi connectivity index (χ3n) is 6.05. The number of rotatable bonds is 5. The van der Waals surface area contributed by atoms with E-state index in [4.69, 9.17) is 0 Å². The highest BCUT2D eigenvalue weighted by Crippen LogP contribution is 2.27. The Morgan fingerprint density at radius 3 is 2.58 bits per heavy atom. The van der Waals surface area contributed by atoms with E-state index >= 15 is 0 Å². The van der Waals surface area contributed by atoms with Crippen molar-refractivity contribution >= 4 is 5.91 Å². The van der Waals surface area contributed by atoms with Gasteiger partial charge in [-0.15, -0.1) is 0 Å². The molecule has 3 fully saturated rings. The van der Waals surface area contributed by atoms with E-state index in [2.05, 4.69) is 34.4 Å². The highest BCUT2D eigenvalue weighted by atomic mass is 16.1. The summed E-state index contributed by atoms with van der Waals surface area (Å²) in [5, 5.41) is 7.97. The van der Waals surface area contributed by atoms with Crippen LogP contribution in [0, 0.1) is 19.8 Å². The topological polar surface area (TPSA) is 50.2 Å². The first-order chi connectivity index (χ1) is 12.6. The molecule has 2 bridgehead atoms. The number of piperidine rings is 3. The number of nitrogens with one attached hydrogen (secondary N) is 1. The molecule has 0 saturated carbocycles. The Bertz CT molecular complexity index is 775. The zero-order valence-corrected chi connectivity index (χ0v) is 15.7. The molecule has 0 radical (unpaired) electrons. The summed E-state index contributed by atoms with van der Waals surface area (Å²) >= 11 is 0. The second-order valence-corrected chi connectivity index (χ2v) is 7.71. The van der Waals surface area contributed by atoms with Crippen molar-refractivity contribution in [3.8, 4) is 5.69 Å². The number of carbonyl (C=O) groups is 1. The maximum Gasteiger partial charge on any atom is 0.220 e. The normalized spacial score (nSPS) is 24.6. The van der Waals surface area contributed by atoms with Crippen molar-refractivity contribution in [2.75, 3.05) is 19.6 Å².